The van der Waals surface area contributed by atoms with E-state index in [-0.39, 0.29) is 24.9 Å². The van der Waals surface area contributed by atoms with E-state index < -0.39 is 5.97 Å². The Hall–Kier alpha value is -1.68. The second-order valence-electron chi connectivity index (χ2n) is 3.70. The predicted octanol–water partition coefficient (Wildman–Crippen LogP) is 1.90. The molecule has 0 amide bonds. The van der Waals surface area contributed by atoms with Crippen LogP contribution in [0, 0.1) is 0 Å². The zero-order valence-corrected chi connectivity index (χ0v) is 10.0. The molecule has 0 aliphatic carbocycles. The third-order valence-electron chi connectivity index (χ3n) is 2.24. The second-order valence-corrected chi connectivity index (χ2v) is 3.70. The molecule has 4 nitrogen and oxygen atoms in total. The van der Waals surface area contributed by atoms with Crippen molar-refractivity contribution in [2.45, 2.75) is 19.4 Å². The summed E-state index contributed by atoms with van der Waals surface area (Å²) in [5.41, 5.74) is 0.936. The van der Waals surface area contributed by atoms with Crippen LogP contribution in [0.15, 0.2) is 30.3 Å². The van der Waals surface area contributed by atoms with Crippen LogP contribution in [-0.4, -0.2) is 25.5 Å². The highest BCUT2D eigenvalue weighted by molar-refractivity contribution is 5.94. The number of hydrogen-bond acceptors (Lipinski definition) is 4. The summed E-state index contributed by atoms with van der Waals surface area (Å²) in [5, 5.41) is 0. The summed E-state index contributed by atoms with van der Waals surface area (Å²) in [7, 11) is 1.55. The molecule has 92 valence electrons. The van der Waals surface area contributed by atoms with E-state index in [2.05, 4.69) is 0 Å². The van der Waals surface area contributed by atoms with E-state index in [4.69, 9.17) is 9.47 Å². The first-order valence-corrected chi connectivity index (χ1v) is 5.36. The van der Waals surface area contributed by atoms with Gasteiger partial charge in [-0.2, -0.15) is 0 Å². The van der Waals surface area contributed by atoms with E-state index >= 15 is 0 Å². The highest BCUT2D eigenvalue weighted by Crippen LogP contribution is 2.16. The number of Topliss-reactive ketones (excluding diaryl/α,β-unsaturated/α-hetero) is 1. The lowest BCUT2D eigenvalue weighted by molar-refractivity contribution is -0.149. The summed E-state index contributed by atoms with van der Waals surface area (Å²) in [4.78, 5) is 21.9. The minimum absolute atomic E-state index is 0.118. The lowest BCUT2D eigenvalue weighted by Crippen LogP contribution is -2.16. The molecule has 0 saturated heterocycles. The fourth-order valence-electron chi connectivity index (χ4n) is 1.39. The average molecular weight is 236 g/mol. The average Bonchev–Trinajstić information content (AvgIpc) is 2.30. The van der Waals surface area contributed by atoms with Crippen LogP contribution >= 0.6 is 0 Å². The van der Waals surface area contributed by atoms with Gasteiger partial charge in [0.2, 0.25) is 0 Å². The molecule has 1 atom stereocenters. The number of esters is 1. The van der Waals surface area contributed by atoms with Crippen LogP contribution in [0.3, 0.4) is 0 Å². The highest BCUT2D eigenvalue weighted by atomic mass is 16.6. The lowest BCUT2D eigenvalue weighted by Gasteiger charge is -2.15. The van der Waals surface area contributed by atoms with Gasteiger partial charge in [0.1, 0.15) is 24.9 Å². The van der Waals surface area contributed by atoms with Gasteiger partial charge in [-0.05, 0) is 12.5 Å². The van der Waals surface area contributed by atoms with Gasteiger partial charge in [-0.25, -0.2) is 0 Å². The smallest absolute Gasteiger partial charge is 0.313 e. The Morgan fingerprint density at radius 1 is 1.24 bits per heavy atom. The number of ketones is 1. The van der Waals surface area contributed by atoms with Gasteiger partial charge in [-0.3, -0.25) is 9.59 Å². The number of ether oxygens (including phenoxy) is 2. The number of rotatable bonds is 6. The first-order chi connectivity index (χ1) is 8.13. The molecule has 0 N–H and O–H groups in total. The van der Waals surface area contributed by atoms with Crippen LogP contribution in [0.1, 0.15) is 25.0 Å². The van der Waals surface area contributed by atoms with E-state index in [0.29, 0.717) is 0 Å². The zero-order chi connectivity index (χ0) is 12.7. The molecule has 0 aromatic heterocycles. The summed E-state index contributed by atoms with van der Waals surface area (Å²) in [6.07, 6.45) is -0.488. The monoisotopic (exact) mass is 236 g/mol. The maximum absolute atomic E-state index is 11.2. The largest absolute Gasteiger partial charge is 0.462 e. The molecule has 1 aromatic rings. The van der Waals surface area contributed by atoms with Gasteiger partial charge in [0, 0.05) is 7.11 Å². The molecule has 0 unspecified atom stereocenters. The molecule has 0 bridgehead atoms. The molecule has 17 heavy (non-hydrogen) atoms. The topological polar surface area (TPSA) is 52.6 Å². The van der Waals surface area contributed by atoms with E-state index in [1.54, 1.807) is 7.11 Å². The van der Waals surface area contributed by atoms with E-state index in [9.17, 15) is 9.59 Å². The zero-order valence-electron chi connectivity index (χ0n) is 10.0. The summed E-state index contributed by atoms with van der Waals surface area (Å²) >= 11 is 0. The Labute approximate surface area is 101 Å². The summed E-state index contributed by atoms with van der Waals surface area (Å²) < 4.78 is 10.2. The second kappa shape index (κ2) is 6.81. The molecule has 1 rings (SSSR count). The molecule has 0 saturated carbocycles. The number of methoxy groups -OCH3 is 1. The molecule has 0 aliphatic heterocycles. The number of benzene rings is 1. The quantitative estimate of drug-likeness (QED) is 0.559. The first kappa shape index (κ1) is 13.4. The molecule has 0 fully saturated rings. The van der Waals surface area contributed by atoms with Crippen molar-refractivity contribution < 1.29 is 19.1 Å². The van der Waals surface area contributed by atoms with Crippen LogP contribution in [0.2, 0.25) is 0 Å². The van der Waals surface area contributed by atoms with Crippen molar-refractivity contribution in [1.29, 1.82) is 0 Å². The minimum atomic E-state index is -0.518. The Morgan fingerprint density at radius 3 is 2.41 bits per heavy atom. The van der Waals surface area contributed by atoms with Crippen LogP contribution in [0.5, 0.6) is 0 Å². The van der Waals surface area contributed by atoms with Crippen molar-refractivity contribution in [2.75, 3.05) is 13.7 Å². The van der Waals surface area contributed by atoms with E-state index in [1.165, 1.54) is 6.92 Å². The summed E-state index contributed by atoms with van der Waals surface area (Å²) in [5.74, 6) is -0.723. The van der Waals surface area contributed by atoms with Gasteiger partial charge in [-0.1, -0.05) is 30.3 Å². The van der Waals surface area contributed by atoms with Crippen LogP contribution in [-0.2, 0) is 19.1 Å². The summed E-state index contributed by atoms with van der Waals surface area (Å²) in [6.45, 7) is 1.47. The maximum Gasteiger partial charge on any atom is 0.313 e. The standard InChI is InChI=1S/C13H16O4/c1-10(14)8-13(15)17-9-12(16-2)11-6-4-3-5-7-11/h3-7,12H,8-9H2,1-2H3/t12-/m0/s1. The van der Waals surface area contributed by atoms with Crippen molar-refractivity contribution in [3.8, 4) is 0 Å². The molecule has 0 radical (unpaired) electrons. The van der Waals surface area contributed by atoms with Gasteiger partial charge in [0.15, 0.2) is 0 Å². The molecular weight excluding hydrogens is 220 g/mol. The van der Waals surface area contributed by atoms with Gasteiger partial charge >= 0.3 is 5.97 Å². The van der Waals surface area contributed by atoms with Gasteiger partial charge in [0.25, 0.3) is 0 Å². The Bertz CT molecular complexity index is 372. The van der Waals surface area contributed by atoms with Crippen molar-refractivity contribution in [1.82, 2.24) is 0 Å². The molecule has 0 heterocycles. The fourth-order valence-corrected chi connectivity index (χ4v) is 1.39. The van der Waals surface area contributed by atoms with Crippen molar-refractivity contribution in [2.24, 2.45) is 0 Å². The lowest BCUT2D eigenvalue weighted by atomic mass is 10.1. The van der Waals surface area contributed by atoms with Gasteiger partial charge in [-0.15, -0.1) is 0 Å². The van der Waals surface area contributed by atoms with E-state index in [0.717, 1.165) is 5.56 Å². The SMILES string of the molecule is CO[C@@H](COC(=O)CC(C)=O)c1ccccc1. The Kier molecular flexibility index (Phi) is 5.36. The fraction of sp³-hybridized carbons (Fsp3) is 0.385. The molecule has 4 heteroatoms. The van der Waals surface area contributed by atoms with Crippen molar-refractivity contribution >= 4 is 11.8 Å². The predicted molar refractivity (Wildman–Crippen MR) is 62.4 cm³/mol. The number of carbonyl (C=O) groups is 2. The molecule has 1 aromatic carbocycles. The maximum atomic E-state index is 11.2. The highest BCUT2D eigenvalue weighted by Gasteiger charge is 2.13. The molecule has 0 aliphatic rings. The van der Waals surface area contributed by atoms with Gasteiger partial charge < -0.3 is 9.47 Å². The van der Waals surface area contributed by atoms with Crippen molar-refractivity contribution in [3.63, 3.8) is 0 Å². The Balaban J connectivity index is 2.49. The van der Waals surface area contributed by atoms with Crippen LogP contribution in [0.25, 0.3) is 0 Å². The minimum Gasteiger partial charge on any atom is -0.462 e. The molecule has 0 spiro atoms. The third kappa shape index (κ3) is 4.78. The normalized spacial score (nSPS) is 11.9. The van der Waals surface area contributed by atoms with Crippen LogP contribution < -0.4 is 0 Å². The first-order valence-electron chi connectivity index (χ1n) is 5.36. The number of hydrogen-bond donors (Lipinski definition) is 0. The third-order valence-corrected chi connectivity index (χ3v) is 2.24. The van der Waals surface area contributed by atoms with E-state index in [1.807, 2.05) is 30.3 Å². The van der Waals surface area contributed by atoms with Crippen LogP contribution in [0.4, 0.5) is 0 Å². The Morgan fingerprint density at radius 2 is 1.88 bits per heavy atom. The van der Waals surface area contributed by atoms with Gasteiger partial charge in [0.05, 0.1) is 0 Å². The molecular formula is C13H16O4. The number of carbonyl (C=O) groups excluding carboxylic acids is 2. The van der Waals surface area contributed by atoms with Crippen molar-refractivity contribution in [3.05, 3.63) is 35.9 Å². The summed E-state index contributed by atoms with van der Waals surface area (Å²) in [6, 6.07) is 9.47.